The molecule has 90 valence electrons. The summed E-state index contributed by atoms with van der Waals surface area (Å²) in [5.41, 5.74) is 8.37. The second-order valence-electron chi connectivity index (χ2n) is 3.95. The molecular formula is C14H12FN3. The van der Waals surface area contributed by atoms with Gasteiger partial charge in [-0.05, 0) is 37.3 Å². The van der Waals surface area contributed by atoms with Gasteiger partial charge in [-0.15, -0.1) is 0 Å². The fourth-order valence-corrected chi connectivity index (χ4v) is 1.63. The first-order chi connectivity index (χ1) is 8.61. The van der Waals surface area contributed by atoms with Crippen molar-refractivity contribution in [1.29, 1.82) is 5.26 Å². The summed E-state index contributed by atoms with van der Waals surface area (Å²) in [5, 5.41) is 12.0. The SMILES string of the molecule is Cc1c(F)cccc1Nc1ccc(N)c(C#N)c1. The number of anilines is 3. The summed E-state index contributed by atoms with van der Waals surface area (Å²) >= 11 is 0. The number of rotatable bonds is 2. The molecule has 0 fully saturated rings. The van der Waals surface area contributed by atoms with Crippen molar-refractivity contribution >= 4 is 17.1 Å². The molecule has 0 spiro atoms. The van der Waals surface area contributed by atoms with Crippen LogP contribution in [0.1, 0.15) is 11.1 Å². The first kappa shape index (κ1) is 11.9. The van der Waals surface area contributed by atoms with E-state index in [9.17, 15) is 4.39 Å². The van der Waals surface area contributed by atoms with Crippen molar-refractivity contribution in [1.82, 2.24) is 0 Å². The van der Waals surface area contributed by atoms with Crippen molar-refractivity contribution in [3.8, 4) is 6.07 Å². The molecule has 0 saturated carbocycles. The van der Waals surface area contributed by atoms with Gasteiger partial charge in [-0.25, -0.2) is 4.39 Å². The Labute approximate surface area is 105 Å². The van der Waals surface area contributed by atoms with Gasteiger partial charge in [0, 0.05) is 22.6 Å². The molecule has 0 heterocycles. The fourth-order valence-electron chi connectivity index (χ4n) is 1.63. The Kier molecular flexibility index (Phi) is 3.16. The van der Waals surface area contributed by atoms with Crippen LogP contribution in [0.2, 0.25) is 0 Å². The maximum atomic E-state index is 13.4. The Morgan fingerprint density at radius 2 is 2.06 bits per heavy atom. The number of nitrogen functional groups attached to an aromatic ring is 1. The number of nitrogens with one attached hydrogen (secondary N) is 1. The molecule has 2 rings (SSSR count). The maximum Gasteiger partial charge on any atom is 0.128 e. The third kappa shape index (κ3) is 2.25. The van der Waals surface area contributed by atoms with Crippen molar-refractivity contribution < 1.29 is 4.39 Å². The summed E-state index contributed by atoms with van der Waals surface area (Å²) in [7, 11) is 0. The highest BCUT2D eigenvalue weighted by Crippen LogP contribution is 2.24. The molecule has 0 bridgehead atoms. The van der Waals surface area contributed by atoms with Crippen molar-refractivity contribution in [2.24, 2.45) is 0 Å². The highest BCUT2D eigenvalue weighted by atomic mass is 19.1. The molecule has 0 aliphatic rings. The lowest BCUT2D eigenvalue weighted by atomic mass is 10.1. The Bertz CT molecular complexity index is 629. The molecule has 0 atom stereocenters. The molecule has 18 heavy (non-hydrogen) atoms. The molecule has 2 aromatic rings. The van der Waals surface area contributed by atoms with E-state index in [1.165, 1.54) is 6.07 Å². The van der Waals surface area contributed by atoms with Gasteiger partial charge in [0.25, 0.3) is 0 Å². The van der Waals surface area contributed by atoms with Gasteiger partial charge in [0.15, 0.2) is 0 Å². The molecule has 3 nitrogen and oxygen atoms in total. The molecule has 0 amide bonds. The first-order valence-corrected chi connectivity index (χ1v) is 5.43. The Morgan fingerprint density at radius 3 is 2.78 bits per heavy atom. The lowest BCUT2D eigenvalue weighted by Gasteiger charge is -2.10. The van der Waals surface area contributed by atoms with Gasteiger partial charge in [-0.3, -0.25) is 0 Å². The van der Waals surface area contributed by atoms with Gasteiger partial charge in [0.05, 0.1) is 5.56 Å². The second kappa shape index (κ2) is 4.76. The van der Waals surface area contributed by atoms with Gasteiger partial charge < -0.3 is 11.1 Å². The number of halogens is 1. The number of hydrogen-bond donors (Lipinski definition) is 2. The summed E-state index contributed by atoms with van der Waals surface area (Å²) in [6, 6.07) is 11.9. The fraction of sp³-hybridized carbons (Fsp3) is 0.0714. The van der Waals surface area contributed by atoms with Gasteiger partial charge in [-0.1, -0.05) is 6.07 Å². The van der Waals surface area contributed by atoms with Crippen LogP contribution in [0, 0.1) is 24.1 Å². The zero-order chi connectivity index (χ0) is 13.1. The highest BCUT2D eigenvalue weighted by Gasteiger charge is 2.05. The molecule has 0 aliphatic carbocycles. The third-order valence-corrected chi connectivity index (χ3v) is 2.72. The molecule has 0 radical (unpaired) electrons. The van der Waals surface area contributed by atoms with Crippen LogP contribution in [-0.4, -0.2) is 0 Å². The number of benzene rings is 2. The van der Waals surface area contributed by atoms with Crippen molar-refractivity contribution in [2.75, 3.05) is 11.1 Å². The Balaban J connectivity index is 2.35. The predicted molar refractivity (Wildman–Crippen MR) is 70.0 cm³/mol. The average molecular weight is 241 g/mol. The molecule has 0 aromatic heterocycles. The second-order valence-corrected chi connectivity index (χ2v) is 3.95. The van der Waals surface area contributed by atoms with E-state index in [0.29, 0.717) is 28.2 Å². The maximum absolute atomic E-state index is 13.4. The van der Waals surface area contributed by atoms with Gasteiger partial charge in [0.2, 0.25) is 0 Å². The highest BCUT2D eigenvalue weighted by molar-refractivity contribution is 5.68. The molecule has 4 heteroatoms. The largest absolute Gasteiger partial charge is 0.398 e. The Morgan fingerprint density at radius 1 is 1.28 bits per heavy atom. The number of nitrogens with two attached hydrogens (primary N) is 1. The lowest BCUT2D eigenvalue weighted by Crippen LogP contribution is -1.97. The van der Waals surface area contributed by atoms with Crippen molar-refractivity contribution in [3.63, 3.8) is 0 Å². The summed E-state index contributed by atoms with van der Waals surface area (Å²) in [5.74, 6) is -0.268. The van der Waals surface area contributed by atoms with E-state index in [1.54, 1.807) is 37.3 Å². The molecule has 0 saturated heterocycles. The molecular weight excluding hydrogens is 229 g/mol. The Hall–Kier alpha value is -2.54. The van der Waals surface area contributed by atoms with E-state index in [-0.39, 0.29) is 5.82 Å². The quantitative estimate of drug-likeness (QED) is 0.793. The summed E-state index contributed by atoms with van der Waals surface area (Å²) < 4.78 is 13.4. The van der Waals surface area contributed by atoms with Crippen LogP contribution in [0.15, 0.2) is 36.4 Å². The summed E-state index contributed by atoms with van der Waals surface area (Å²) in [4.78, 5) is 0. The third-order valence-electron chi connectivity index (χ3n) is 2.72. The zero-order valence-corrected chi connectivity index (χ0v) is 9.87. The van der Waals surface area contributed by atoms with Crippen LogP contribution < -0.4 is 11.1 Å². The van der Waals surface area contributed by atoms with Crippen LogP contribution >= 0.6 is 0 Å². The number of hydrogen-bond acceptors (Lipinski definition) is 3. The van der Waals surface area contributed by atoms with E-state index < -0.39 is 0 Å². The van der Waals surface area contributed by atoms with Gasteiger partial charge in [0.1, 0.15) is 11.9 Å². The smallest absolute Gasteiger partial charge is 0.128 e. The molecule has 0 unspecified atom stereocenters. The van der Waals surface area contributed by atoms with E-state index >= 15 is 0 Å². The monoisotopic (exact) mass is 241 g/mol. The van der Waals surface area contributed by atoms with Crippen LogP contribution in [0.4, 0.5) is 21.5 Å². The van der Waals surface area contributed by atoms with E-state index in [2.05, 4.69) is 5.32 Å². The van der Waals surface area contributed by atoms with Crippen LogP contribution in [0.25, 0.3) is 0 Å². The van der Waals surface area contributed by atoms with Gasteiger partial charge >= 0.3 is 0 Å². The standard InChI is InChI=1S/C14H12FN3/c1-9-12(15)3-2-4-14(9)18-11-5-6-13(17)10(7-11)8-16/h2-7,18H,17H2,1H3. The normalized spacial score (nSPS) is 9.83. The average Bonchev–Trinajstić information content (AvgIpc) is 2.37. The minimum Gasteiger partial charge on any atom is -0.398 e. The summed E-state index contributed by atoms with van der Waals surface area (Å²) in [6.07, 6.45) is 0. The molecule has 3 N–H and O–H groups in total. The van der Waals surface area contributed by atoms with E-state index in [0.717, 1.165) is 0 Å². The number of nitriles is 1. The van der Waals surface area contributed by atoms with E-state index in [4.69, 9.17) is 11.0 Å². The first-order valence-electron chi connectivity index (χ1n) is 5.43. The minimum absolute atomic E-state index is 0.268. The minimum atomic E-state index is -0.268. The lowest BCUT2D eigenvalue weighted by molar-refractivity contribution is 0.619. The van der Waals surface area contributed by atoms with Crippen LogP contribution in [0.5, 0.6) is 0 Å². The van der Waals surface area contributed by atoms with Crippen molar-refractivity contribution in [3.05, 3.63) is 53.3 Å². The van der Waals surface area contributed by atoms with Crippen LogP contribution in [0.3, 0.4) is 0 Å². The molecule has 0 aliphatic heterocycles. The number of nitrogens with zero attached hydrogens (tertiary/aromatic N) is 1. The van der Waals surface area contributed by atoms with E-state index in [1.807, 2.05) is 6.07 Å². The zero-order valence-electron chi connectivity index (χ0n) is 9.87. The molecule has 2 aromatic carbocycles. The topological polar surface area (TPSA) is 61.8 Å². The van der Waals surface area contributed by atoms with Gasteiger partial charge in [-0.2, -0.15) is 5.26 Å². The summed E-state index contributed by atoms with van der Waals surface area (Å²) in [6.45, 7) is 1.69. The van der Waals surface area contributed by atoms with Crippen LogP contribution in [-0.2, 0) is 0 Å². The van der Waals surface area contributed by atoms with Crippen molar-refractivity contribution in [2.45, 2.75) is 6.92 Å². The predicted octanol–water partition coefficient (Wildman–Crippen LogP) is 3.33.